The van der Waals surface area contributed by atoms with Crippen LogP contribution in [0.25, 0.3) is 0 Å². The lowest BCUT2D eigenvalue weighted by atomic mass is 10.1. The van der Waals surface area contributed by atoms with Crippen LogP contribution in [0.2, 0.25) is 0 Å². The largest absolute Gasteiger partial charge is 0.488 e. The Hall–Kier alpha value is -4.00. The van der Waals surface area contributed by atoms with Gasteiger partial charge < -0.3 is 9.57 Å². The lowest BCUT2D eigenvalue weighted by Crippen LogP contribution is -2.32. The Kier molecular flexibility index (Phi) is 4.55. The zero-order chi connectivity index (χ0) is 19.5. The minimum atomic E-state index is -0.865. The lowest BCUT2D eigenvalue weighted by molar-refractivity contribution is -0.0586. The number of amides is 2. The molecule has 4 rings (SSSR count). The molecule has 2 aromatic carbocycles. The average molecular weight is 374 g/mol. The van der Waals surface area contributed by atoms with E-state index in [1.807, 2.05) is 6.07 Å². The van der Waals surface area contributed by atoms with Gasteiger partial charge in [-0.3, -0.25) is 14.6 Å². The molecule has 0 atom stereocenters. The molecular weight excluding hydrogens is 360 g/mol. The number of aromatic nitrogens is 1. The van der Waals surface area contributed by atoms with Gasteiger partial charge in [0.2, 0.25) is 0 Å². The average Bonchev–Trinajstić information content (AvgIpc) is 2.98. The normalized spacial score (nSPS) is 12.6. The van der Waals surface area contributed by atoms with Gasteiger partial charge in [-0.25, -0.2) is 4.79 Å². The number of rotatable bonds is 5. The van der Waals surface area contributed by atoms with Gasteiger partial charge in [-0.1, -0.05) is 35.4 Å². The molecule has 0 unspecified atom stereocenters. The molecule has 138 valence electrons. The maximum absolute atomic E-state index is 12.6. The fraction of sp³-hybridized carbons (Fsp3) is 0.0476. The van der Waals surface area contributed by atoms with E-state index >= 15 is 0 Å². The Morgan fingerprint density at radius 1 is 0.893 bits per heavy atom. The molecule has 0 saturated heterocycles. The number of para-hydroxylation sites is 1. The second kappa shape index (κ2) is 7.32. The van der Waals surface area contributed by atoms with Crippen LogP contribution in [0.3, 0.4) is 0 Å². The summed E-state index contributed by atoms with van der Waals surface area (Å²) in [5, 5.41) is 0.477. The number of carbonyl (C=O) groups is 3. The summed E-state index contributed by atoms with van der Waals surface area (Å²) in [6, 6.07) is 16.4. The highest BCUT2D eigenvalue weighted by atomic mass is 16.7. The van der Waals surface area contributed by atoms with E-state index in [1.165, 1.54) is 18.2 Å². The van der Waals surface area contributed by atoms with E-state index in [4.69, 9.17) is 9.57 Å². The minimum Gasteiger partial charge on any atom is -0.488 e. The molecule has 3 aromatic rings. The van der Waals surface area contributed by atoms with E-state index in [-0.39, 0.29) is 29.0 Å². The van der Waals surface area contributed by atoms with E-state index in [9.17, 15) is 14.4 Å². The van der Waals surface area contributed by atoms with Crippen LogP contribution in [-0.2, 0) is 11.4 Å². The van der Waals surface area contributed by atoms with Crippen LogP contribution in [-0.4, -0.2) is 27.8 Å². The fourth-order valence-corrected chi connectivity index (χ4v) is 2.79. The van der Waals surface area contributed by atoms with Gasteiger partial charge in [0, 0.05) is 18.0 Å². The van der Waals surface area contributed by atoms with Crippen molar-refractivity contribution in [3.05, 3.63) is 95.3 Å². The van der Waals surface area contributed by atoms with Gasteiger partial charge in [-0.2, -0.15) is 0 Å². The van der Waals surface area contributed by atoms with E-state index < -0.39 is 17.8 Å². The molecule has 0 saturated carbocycles. The number of hydroxylamine groups is 2. The predicted molar refractivity (Wildman–Crippen MR) is 97.4 cm³/mol. The summed E-state index contributed by atoms with van der Waals surface area (Å²) in [7, 11) is 0. The topological polar surface area (TPSA) is 85.8 Å². The summed E-state index contributed by atoms with van der Waals surface area (Å²) < 4.78 is 5.70. The first-order valence-corrected chi connectivity index (χ1v) is 8.46. The summed E-state index contributed by atoms with van der Waals surface area (Å²) in [5.41, 5.74) is 1.32. The molecule has 1 aliphatic rings. The van der Waals surface area contributed by atoms with E-state index in [1.54, 1.807) is 48.8 Å². The molecular formula is C21H14N2O5. The van der Waals surface area contributed by atoms with Crippen molar-refractivity contribution in [3.63, 3.8) is 0 Å². The molecule has 0 aliphatic carbocycles. The number of imide groups is 1. The third-order valence-electron chi connectivity index (χ3n) is 4.16. The first-order chi connectivity index (χ1) is 13.6. The van der Waals surface area contributed by atoms with Crippen molar-refractivity contribution in [2.75, 3.05) is 0 Å². The van der Waals surface area contributed by atoms with Crippen LogP contribution in [0.5, 0.6) is 5.75 Å². The molecule has 28 heavy (non-hydrogen) atoms. The monoisotopic (exact) mass is 374 g/mol. The molecule has 7 nitrogen and oxygen atoms in total. The highest BCUT2D eigenvalue weighted by Crippen LogP contribution is 2.25. The van der Waals surface area contributed by atoms with Gasteiger partial charge in [-0.05, 0) is 30.3 Å². The van der Waals surface area contributed by atoms with Crippen LogP contribution in [0, 0.1) is 0 Å². The van der Waals surface area contributed by atoms with Crippen molar-refractivity contribution in [2.45, 2.75) is 6.61 Å². The molecule has 2 heterocycles. The van der Waals surface area contributed by atoms with Crippen molar-refractivity contribution in [1.29, 1.82) is 0 Å². The van der Waals surface area contributed by atoms with Gasteiger partial charge in [0.1, 0.15) is 17.9 Å². The smallest absolute Gasteiger partial charge is 0.367 e. The molecule has 0 bridgehead atoms. The number of ether oxygens (including phenoxy) is 1. The number of nitrogens with zero attached hydrogens (tertiary/aromatic N) is 2. The Labute approximate surface area is 160 Å². The third kappa shape index (κ3) is 3.21. The molecule has 0 radical (unpaired) electrons. The molecule has 7 heteroatoms. The standard InChI is InChI=1S/C21H14N2O5/c24-19-15-7-1-2-8-16(15)20(25)23(19)28-21(26)17-9-3-4-10-18(17)27-13-14-6-5-11-22-12-14/h1-12H,13H2. The Morgan fingerprint density at radius 3 is 2.25 bits per heavy atom. The number of benzene rings is 2. The van der Waals surface area contributed by atoms with Gasteiger partial charge in [-0.15, -0.1) is 0 Å². The van der Waals surface area contributed by atoms with Gasteiger partial charge in [0.25, 0.3) is 11.8 Å². The summed E-state index contributed by atoms with van der Waals surface area (Å²) in [5.74, 6) is -1.95. The Morgan fingerprint density at radius 2 is 1.57 bits per heavy atom. The quantitative estimate of drug-likeness (QED) is 0.638. The summed E-state index contributed by atoms with van der Waals surface area (Å²) in [6.45, 7) is 0.200. The maximum Gasteiger partial charge on any atom is 0.367 e. The number of hydrogen-bond donors (Lipinski definition) is 0. The zero-order valence-corrected chi connectivity index (χ0v) is 14.6. The number of pyridine rings is 1. The molecule has 2 amide bonds. The Bertz CT molecular complexity index is 1030. The van der Waals surface area contributed by atoms with Crippen LogP contribution >= 0.6 is 0 Å². The number of fused-ring (bicyclic) bond motifs is 1. The molecule has 0 N–H and O–H groups in total. The van der Waals surface area contributed by atoms with Crippen LogP contribution in [0.4, 0.5) is 0 Å². The van der Waals surface area contributed by atoms with Crippen molar-refractivity contribution in [3.8, 4) is 5.75 Å². The predicted octanol–water partition coefficient (Wildman–Crippen LogP) is 3.03. The highest BCUT2D eigenvalue weighted by molar-refractivity contribution is 6.21. The number of carbonyl (C=O) groups excluding carboxylic acids is 3. The second-order valence-electron chi connectivity index (χ2n) is 5.98. The second-order valence-corrected chi connectivity index (χ2v) is 5.98. The van der Waals surface area contributed by atoms with Gasteiger partial charge in [0.15, 0.2) is 0 Å². The lowest BCUT2D eigenvalue weighted by Gasteiger charge is -2.15. The summed E-state index contributed by atoms with van der Waals surface area (Å²) >= 11 is 0. The third-order valence-corrected chi connectivity index (χ3v) is 4.16. The van der Waals surface area contributed by atoms with Crippen molar-refractivity contribution in [2.24, 2.45) is 0 Å². The first-order valence-electron chi connectivity index (χ1n) is 8.46. The van der Waals surface area contributed by atoms with Crippen LogP contribution in [0.15, 0.2) is 73.1 Å². The van der Waals surface area contributed by atoms with E-state index in [0.29, 0.717) is 5.06 Å². The summed E-state index contributed by atoms with van der Waals surface area (Å²) in [4.78, 5) is 46.4. The van der Waals surface area contributed by atoms with E-state index in [0.717, 1.165) is 5.56 Å². The van der Waals surface area contributed by atoms with Crippen LogP contribution in [0.1, 0.15) is 36.6 Å². The highest BCUT2D eigenvalue weighted by Gasteiger charge is 2.39. The number of hydrogen-bond acceptors (Lipinski definition) is 6. The molecule has 1 aliphatic heterocycles. The van der Waals surface area contributed by atoms with Crippen molar-refractivity contribution >= 4 is 17.8 Å². The van der Waals surface area contributed by atoms with Crippen molar-refractivity contribution < 1.29 is 24.0 Å². The SMILES string of the molecule is O=C(ON1C(=O)c2ccccc2C1=O)c1ccccc1OCc1cccnc1. The van der Waals surface area contributed by atoms with Crippen LogP contribution < -0.4 is 4.74 Å². The van der Waals surface area contributed by atoms with Crippen molar-refractivity contribution in [1.82, 2.24) is 10.0 Å². The van der Waals surface area contributed by atoms with E-state index in [2.05, 4.69) is 4.98 Å². The summed E-state index contributed by atoms with van der Waals surface area (Å²) in [6.07, 6.45) is 3.30. The molecule has 1 aromatic heterocycles. The van der Waals surface area contributed by atoms with Gasteiger partial charge in [0.05, 0.1) is 11.1 Å². The first kappa shape index (κ1) is 17.4. The van der Waals surface area contributed by atoms with Gasteiger partial charge >= 0.3 is 5.97 Å². The maximum atomic E-state index is 12.6. The fourth-order valence-electron chi connectivity index (χ4n) is 2.79. The minimum absolute atomic E-state index is 0.1000. The Balaban J connectivity index is 1.52. The molecule has 0 fully saturated rings. The zero-order valence-electron chi connectivity index (χ0n) is 14.6. The molecule has 0 spiro atoms.